The van der Waals surface area contributed by atoms with E-state index in [1.807, 2.05) is 30.5 Å². The third-order valence-corrected chi connectivity index (χ3v) is 8.71. The molecule has 7 heteroatoms. The molecule has 0 bridgehead atoms. The molecule has 0 amide bonds. The van der Waals surface area contributed by atoms with E-state index in [1.165, 1.54) is 0 Å². The van der Waals surface area contributed by atoms with Crippen molar-refractivity contribution in [2.75, 3.05) is 0 Å². The van der Waals surface area contributed by atoms with E-state index in [1.54, 1.807) is 12.1 Å². The average molecular weight is 446 g/mol. The third kappa shape index (κ3) is 5.91. The minimum Gasteiger partial charge on any atom is -0.478 e. The van der Waals surface area contributed by atoms with Gasteiger partial charge in [-0.3, -0.25) is 0 Å². The Balaban J connectivity index is 1.71. The molecular formula is C23H30ClN2O3Si. The van der Waals surface area contributed by atoms with Crippen molar-refractivity contribution in [1.29, 1.82) is 0 Å². The van der Waals surface area contributed by atoms with Crippen LogP contribution in [0, 0.1) is 0 Å². The molecule has 1 radical (unpaired) electrons. The molecule has 3 rings (SSSR count). The normalized spacial score (nSPS) is 20.5. The minimum absolute atomic E-state index is 0.0627. The molecule has 0 aliphatic carbocycles. The fourth-order valence-corrected chi connectivity index (χ4v) is 4.77. The first kappa shape index (κ1) is 22.9. The molecule has 1 fully saturated rings. The van der Waals surface area contributed by atoms with Crippen LogP contribution in [0.5, 0.6) is 0 Å². The van der Waals surface area contributed by atoms with Crippen molar-refractivity contribution >= 4 is 26.6 Å². The number of pyridine rings is 1. The topological polar surface area (TPSA) is 71.5 Å². The summed E-state index contributed by atoms with van der Waals surface area (Å²) in [6.07, 6.45) is 4.69. The van der Waals surface area contributed by atoms with Gasteiger partial charge in [-0.25, -0.2) is 9.78 Å². The van der Waals surface area contributed by atoms with E-state index in [4.69, 9.17) is 21.1 Å². The molecule has 1 saturated heterocycles. The first-order valence-corrected chi connectivity index (χ1v) is 12.6. The lowest BCUT2D eigenvalue weighted by molar-refractivity contribution is 0.0697. The lowest BCUT2D eigenvalue weighted by Gasteiger charge is -2.33. The molecule has 0 spiro atoms. The second-order valence-electron chi connectivity index (χ2n) is 9.01. The first-order valence-electron chi connectivity index (χ1n) is 10.3. The number of benzene rings is 1. The monoisotopic (exact) mass is 445 g/mol. The maximum Gasteiger partial charge on any atom is 0.335 e. The van der Waals surface area contributed by atoms with Crippen LogP contribution in [0.25, 0.3) is 0 Å². The predicted molar refractivity (Wildman–Crippen MR) is 121 cm³/mol. The highest BCUT2D eigenvalue weighted by atomic mass is 35.5. The van der Waals surface area contributed by atoms with Crippen molar-refractivity contribution < 1.29 is 14.3 Å². The maximum absolute atomic E-state index is 11.1. The molecule has 5 nitrogen and oxygen atoms in total. The van der Waals surface area contributed by atoms with Gasteiger partial charge in [0.25, 0.3) is 0 Å². The second-order valence-corrected chi connectivity index (χ2v) is 12.2. The molecule has 2 heterocycles. The van der Waals surface area contributed by atoms with E-state index in [9.17, 15) is 4.79 Å². The lowest BCUT2D eigenvalue weighted by atomic mass is 10.0. The molecule has 0 saturated carbocycles. The zero-order chi connectivity index (χ0) is 21.9. The van der Waals surface area contributed by atoms with Crippen LogP contribution in [0.15, 0.2) is 42.6 Å². The molecule has 0 unspecified atom stereocenters. The Kier molecular flexibility index (Phi) is 7.34. The summed E-state index contributed by atoms with van der Waals surface area (Å²) in [7, 11) is -1.04. The van der Waals surface area contributed by atoms with Gasteiger partial charge in [-0.1, -0.05) is 50.6 Å². The van der Waals surface area contributed by atoms with Gasteiger partial charge in [0.15, 0.2) is 0 Å². The van der Waals surface area contributed by atoms with Crippen LogP contribution in [0.2, 0.25) is 16.7 Å². The molecule has 1 aliphatic heterocycles. The highest BCUT2D eigenvalue weighted by Gasteiger charge is 2.35. The number of rotatable bonds is 7. The van der Waals surface area contributed by atoms with Gasteiger partial charge in [0, 0.05) is 18.3 Å². The second kappa shape index (κ2) is 9.60. The number of halogens is 1. The van der Waals surface area contributed by atoms with E-state index in [-0.39, 0.29) is 17.2 Å². The summed E-state index contributed by atoms with van der Waals surface area (Å²) in [4.78, 5) is 15.3. The summed E-state index contributed by atoms with van der Waals surface area (Å²) in [6, 6.07) is 11.5. The van der Waals surface area contributed by atoms with Crippen LogP contribution in [0.4, 0.5) is 0 Å². The SMILES string of the molecule is C[Si](O[C@H](c1ccc(Cl)nc1)[C@H]1CC[C@@H](Cc2ccc(C(=O)O)cc2)N1)C(C)(C)C. The summed E-state index contributed by atoms with van der Waals surface area (Å²) < 4.78 is 6.66. The van der Waals surface area contributed by atoms with Crippen LogP contribution in [0.3, 0.4) is 0 Å². The number of carbonyl (C=O) groups is 1. The minimum atomic E-state index is -1.04. The van der Waals surface area contributed by atoms with Gasteiger partial charge in [-0.2, -0.15) is 0 Å². The van der Waals surface area contributed by atoms with Gasteiger partial charge >= 0.3 is 5.97 Å². The van der Waals surface area contributed by atoms with Crippen LogP contribution >= 0.6 is 11.6 Å². The Morgan fingerprint density at radius 3 is 2.53 bits per heavy atom. The van der Waals surface area contributed by atoms with E-state index >= 15 is 0 Å². The molecule has 30 heavy (non-hydrogen) atoms. The van der Waals surface area contributed by atoms with E-state index in [2.05, 4.69) is 37.6 Å². The molecule has 161 valence electrons. The third-order valence-electron chi connectivity index (χ3n) is 5.76. The average Bonchev–Trinajstić information content (AvgIpc) is 3.14. The molecule has 2 aromatic rings. The van der Waals surface area contributed by atoms with Gasteiger partial charge in [0.2, 0.25) is 9.04 Å². The van der Waals surface area contributed by atoms with Crippen LogP contribution < -0.4 is 5.32 Å². The van der Waals surface area contributed by atoms with E-state index < -0.39 is 15.0 Å². The van der Waals surface area contributed by atoms with Crippen molar-refractivity contribution in [1.82, 2.24) is 10.3 Å². The highest BCUT2D eigenvalue weighted by Crippen LogP contribution is 2.35. The van der Waals surface area contributed by atoms with Gasteiger partial charge in [-0.05, 0) is 60.2 Å². The Morgan fingerprint density at radius 1 is 1.27 bits per heavy atom. The highest BCUT2D eigenvalue weighted by molar-refractivity contribution is 6.53. The number of carboxylic acid groups (broad SMARTS) is 1. The number of nitrogens with zero attached hydrogens (tertiary/aromatic N) is 1. The van der Waals surface area contributed by atoms with Gasteiger partial charge < -0.3 is 14.8 Å². The Hall–Kier alpha value is -1.73. The van der Waals surface area contributed by atoms with Crippen molar-refractivity contribution in [2.24, 2.45) is 0 Å². The number of aromatic nitrogens is 1. The summed E-state index contributed by atoms with van der Waals surface area (Å²) in [6.45, 7) is 8.90. The van der Waals surface area contributed by atoms with Gasteiger partial charge in [0.05, 0.1) is 11.7 Å². The quantitative estimate of drug-likeness (QED) is 0.448. The number of hydrogen-bond donors (Lipinski definition) is 2. The summed E-state index contributed by atoms with van der Waals surface area (Å²) >= 11 is 6.00. The first-order chi connectivity index (χ1) is 14.1. The zero-order valence-electron chi connectivity index (χ0n) is 18.0. The molecule has 1 aromatic carbocycles. The zero-order valence-corrected chi connectivity index (χ0v) is 19.7. The van der Waals surface area contributed by atoms with Crippen LogP contribution in [-0.4, -0.2) is 37.2 Å². The van der Waals surface area contributed by atoms with Crippen LogP contribution in [-0.2, 0) is 10.8 Å². The number of carboxylic acids is 1. The Morgan fingerprint density at radius 2 is 1.97 bits per heavy atom. The molecule has 1 aromatic heterocycles. The number of hydrogen-bond acceptors (Lipinski definition) is 4. The van der Waals surface area contributed by atoms with Gasteiger partial charge in [-0.15, -0.1) is 0 Å². The fourth-order valence-electron chi connectivity index (χ4n) is 3.62. The van der Waals surface area contributed by atoms with E-state index in [0.717, 1.165) is 30.4 Å². The van der Waals surface area contributed by atoms with Gasteiger partial charge in [0.1, 0.15) is 5.15 Å². The fraction of sp³-hybridized carbons (Fsp3) is 0.478. The molecule has 2 N–H and O–H groups in total. The van der Waals surface area contributed by atoms with Crippen LogP contribution in [0.1, 0.15) is 61.2 Å². The lowest BCUT2D eigenvalue weighted by Crippen LogP contribution is -2.39. The molecule has 1 aliphatic rings. The Bertz CT molecular complexity index is 852. The standard InChI is InChI=1S/C23H30ClN2O3Si/c1-23(2,3)30(4)29-21(17-9-12-20(24)25-14-17)19-11-10-18(26-19)13-15-5-7-16(8-6-15)22(27)28/h5-9,12,14,18-19,21,26H,10-11,13H2,1-4H3,(H,27,28)/t18-,19+,21+/m0/s1. The summed E-state index contributed by atoms with van der Waals surface area (Å²) in [5, 5.41) is 13.4. The van der Waals surface area contributed by atoms with E-state index in [0.29, 0.717) is 16.8 Å². The van der Waals surface area contributed by atoms with Crippen molar-refractivity contribution in [3.8, 4) is 0 Å². The largest absolute Gasteiger partial charge is 0.478 e. The number of aromatic carboxylic acids is 1. The summed E-state index contributed by atoms with van der Waals surface area (Å²) in [5.41, 5.74) is 2.51. The Labute approximate surface area is 185 Å². The molecular weight excluding hydrogens is 416 g/mol. The summed E-state index contributed by atoms with van der Waals surface area (Å²) in [5.74, 6) is -0.895. The predicted octanol–water partition coefficient (Wildman–Crippen LogP) is 5.28. The van der Waals surface area contributed by atoms with Crippen molar-refractivity contribution in [2.45, 2.75) is 69.8 Å². The number of nitrogens with one attached hydrogen (secondary N) is 1. The maximum atomic E-state index is 11.1. The van der Waals surface area contributed by atoms with Crippen molar-refractivity contribution in [3.63, 3.8) is 0 Å². The molecule has 3 atom stereocenters. The van der Waals surface area contributed by atoms with Crippen molar-refractivity contribution in [3.05, 3.63) is 64.4 Å². The smallest absolute Gasteiger partial charge is 0.335 e.